The number of benzene rings is 2. The van der Waals surface area contributed by atoms with Crippen LogP contribution in [0, 0.1) is 13.8 Å². The van der Waals surface area contributed by atoms with Gasteiger partial charge in [-0.15, -0.1) is 11.8 Å². The molecule has 2 unspecified atom stereocenters. The molecule has 4 nitrogen and oxygen atoms in total. The zero-order valence-corrected chi connectivity index (χ0v) is 16.6. The monoisotopic (exact) mass is 370 g/mol. The van der Waals surface area contributed by atoms with Crippen molar-refractivity contribution in [3.05, 3.63) is 59.2 Å². The minimum absolute atomic E-state index is 0.229. The molecule has 1 aliphatic heterocycles. The standard InChI is InChI=1S/C21H26N2O2S/c1-14-5-8-16(9-6-14)20-19(24)21(25)23(12-11-22(3)4)17-10-7-15(2)13-18(17)26-20/h5-10,13,19-20,24H,11-12H2,1-4H3. The van der Waals surface area contributed by atoms with Crippen molar-refractivity contribution in [1.29, 1.82) is 0 Å². The molecule has 0 spiro atoms. The lowest BCUT2D eigenvalue weighted by atomic mass is 10.0. The van der Waals surface area contributed by atoms with Crippen molar-refractivity contribution in [2.45, 2.75) is 30.1 Å². The Bertz CT molecular complexity index is 789. The van der Waals surface area contributed by atoms with Gasteiger partial charge in [-0.2, -0.15) is 0 Å². The van der Waals surface area contributed by atoms with Gasteiger partial charge in [0.1, 0.15) is 6.10 Å². The van der Waals surface area contributed by atoms with E-state index in [9.17, 15) is 9.90 Å². The van der Waals surface area contributed by atoms with Crippen molar-refractivity contribution in [1.82, 2.24) is 4.90 Å². The molecule has 0 fully saturated rings. The zero-order valence-electron chi connectivity index (χ0n) is 15.8. The van der Waals surface area contributed by atoms with Gasteiger partial charge in [0.15, 0.2) is 0 Å². The van der Waals surface area contributed by atoms with E-state index in [2.05, 4.69) is 13.0 Å². The lowest BCUT2D eigenvalue weighted by Crippen LogP contribution is -2.43. The summed E-state index contributed by atoms with van der Waals surface area (Å²) in [4.78, 5) is 17.9. The van der Waals surface area contributed by atoms with Gasteiger partial charge < -0.3 is 14.9 Å². The van der Waals surface area contributed by atoms with Crippen molar-refractivity contribution in [2.75, 3.05) is 32.1 Å². The van der Waals surface area contributed by atoms with Crippen LogP contribution in [0.2, 0.25) is 0 Å². The fourth-order valence-electron chi connectivity index (χ4n) is 3.08. The van der Waals surface area contributed by atoms with Gasteiger partial charge in [-0.1, -0.05) is 35.9 Å². The lowest BCUT2D eigenvalue weighted by molar-refractivity contribution is -0.126. The Hall–Kier alpha value is -1.82. The molecule has 2 aromatic rings. The third-order valence-corrected chi connectivity index (χ3v) is 6.01. The summed E-state index contributed by atoms with van der Waals surface area (Å²) < 4.78 is 0. The number of carbonyl (C=O) groups excluding carboxylic acids is 1. The fourth-order valence-corrected chi connectivity index (χ4v) is 4.45. The Balaban J connectivity index is 2.03. The Kier molecular flexibility index (Phi) is 5.70. The molecule has 3 rings (SSSR count). The number of thioether (sulfide) groups is 1. The van der Waals surface area contributed by atoms with Crippen LogP contribution < -0.4 is 4.90 Å². The molecule has 2 atom stereocenters. The second-order valence-electron chi connectivity index (χ2n) is 7.16. The molecule has 0 aromatic heterocycles. The number of anilines is 1. The van der Waals surface area contributed by atoms with Crippen LogP contribution in [0.15, 0.2) is 47.4 Å². The molecule has 26 heavy (non-hydrogen) atoms. The first-order valence-electron chi connectivity index (χ1n) is 8.85. The van der Waals surface area contributed by atoms with Crippen LogP contribution in [0.4, 0.5) is 5.69 Å². The number of nitrogens with zero attached hydrogens (tertiary/aromatic N) is 2. The molecule has 1 amide bonds. The first-order chi connectivity index (χ1) is 12.4. The SMILES string of the molecule is Cc1ccc(C2Sc3cc(C)ccc3N(CCN(C)C)C(=O)C2O)cc1. The first-order valence-corrected chi connectivity index (χ1v) is 9.73. The topological polar surface area (TPSA) is 43.8 Å². The summed E-state index contributed by atoms with van der Waals surface area (Å²) in [6.45, 7) is 5.38. The van der Waals surface area contributed by atoms with Crippen LogP contribution in [0.5, 0.6) is 0 Å². The molecule has 0 radical (unpaired) electrons. The van der Waals surface area contributed by atoms with Gasteiger partial charge in [0, 0.05) is 18.0 Å². The number of aliphatic hydroxyl groups is 1. The van der Waals surface area contributed by atoms with Crippen molar-refractivity contribution in [2.24, 2.45) is 0 Å². The van der Waals surface area contributed by atoms with Crippen LogP contribution in [-0.4, -0.2) is 49.2 Å². The Morgan fingerprint density at radius 3 is 2.38 bits per heavy atom. The van der Waals surface area contributed by atoms with E-state index in [1.165, 1.54) is 0 Å². The lowest BCUT2D eigenvalue weighted by Gasteiger charge is -2.26. The highest BCUT2D eigenvalue weighted by molar-refractivity contribution is 7.99. The smallest absolute Gasteiger partial charge is 0.257 e. The second-order valence-corrected chi connectivity index (χ2v) is 8.34. The minimum atomic E-state index is -1.07. The van der Waals surface area contributed by atoms with Gasteiger partial charge in [0.05, 0.1) is 10.9 Å². The van der Waals surface area contributed by atoms with Gasteiger partial charge in [-0.3, -0.25) is 4.79 Å². The number of aryl methyl sites for hydroxylation is 2. The highest BCUT2D eigenvalue weighted by Crippen LogP contribution is 2.46. The average molecular weight is 371 g/mol. The molecule has 0 saturated carbocycles. The van der Waals surface area contributed by atoms with Crippen LogP contribution in [-0.2, 0) is 4.79 Å². The normalized spacial score (nSPS) is 20.2. The Morgan fingerprint density at radius 1 is 1.08 bits per heavy atom. The number of aliphatic hydroxyl groups excluding tert-OH is 1. The summed E-state index contributed by atoms with van der Waals surface area (Å²) in [6, 6.07) is 14.2. The van der Waals surface area contributed by atoms with E-state index in [0.717, 1.165) is 33.8 Å². The third-order valence-electron chi connectivity index (χ3n) is 4.64. The quantitative estimate of drug-likeness (QED) is 0.896. The minimum Gasteiger partial charge on any atom is -0.382 e. The summed E-state index contributed by atoms with van der Waals surface area (Å²) in [5, 5.41) is 10.6. The van der Waals surface area contributed by atoms with Gasteiger partial charge in [0.25, 0.3) is 5.91 Å². The summed E-state index contributed by atoms with van der Waals surface area (Å²) in [5.41, 5.74) is 4.18. The summed E-state index contributed by atoms with van der Waals surface area (Å²) in [5.74, 6) is -0.229. The van der Waals surface area contributed by atoms with Crippen LogP contribution in [0.1, 0.15) is 21.9 Å². The van der Waals surface area contributed by atoms with Crippen LogP contribution in [0.25, 0.3) is 0 Å². The number of rotatable bonds is 4. The largest absolute Gasteiger partial charge is 0.382 e. The number of carbonyl (C=O) groups is 1. The fraction of sp³-hybridized carbons (Fsp3) is 0.381. The maximum absolute atomic E-state index is 13.1. The predicted octanol–water partition coefficient (Wildman–Crippen LogP) is 3.41. The van der Waals surface area contributed by atoms with Crippen molar-refractivity contribution >= 4 is 23.4 Å². The second kappa shape index (κ2) is 7.82. The highest BCUT2D eigenvalue weighted by Gasteiger charge is 2.37. The van der Waals surface area contributed by atoms with E-state index in [4.69, 9.17) is 0 Å². The molecule has 0 aliphatic carbocycles. The molecule has 138 valence electrons. The maximum atomic E-state index is 13.1. The van der Waals surface area contributed by atoms with E-state index < -0.39 is 6.10 Å². The number of hydrogen-bond acceptors (Lipinski definition) is 4. The number of likely N-dealkylation sites (N-methyl/N-ethyl adjacent to an activating group) is 1. The third kappa shape index (κ3) is 3.95. The number of amides is 1. The van der Waals surface area contributed by atoms with E-state index in [1.807, 2.05) is 62.3 Å². The molecular weight excluding hydrogens is 344 g/mol. The van der Waals surface area contributed by atoms with E-state index >= 15 is 0 Å². The molecule has 5 heteroatoms. The summed E-state index contributed by atoms with van der Waals surface area (Å²) in [7, 11) is 3.97. The predicted molar refractivity (Wildman–Crippen MR) is 108 cm³/mol. The van der Waals surface area contributed by atoms with E-state index in [0.29, 0.717) is 6.54 Å². The molecule has 0 bridgehead atoms. The van der Waals surface area contributed by atoms with Gasteiger partial charge in [0.2, 0.25) is 0 Å². The van der Waals surface area contributed by atoms with E-state index in [1.54, 1.807) is 16.7 Å². The summed E-state index contributed by atoms with van der Waals surface area (Å²) in [6.07, 6.45) is -1.07. The van der Waals surface area contributed by atoms with Crippen LogP contribution >= 0.6 is 11.8 Å². The molecule has 1 aliphatic rings. The van der Waals surface area contributed by atoms with Crippen molar-refractivity contribution in [3.8, 4) is 0 Å². The van der Waals surface area contributed by atoms with Gasteiger partial charge in [-0.25, -0.2) is 0 Å². The van der Waals surface area contributed by atoms with Crippen molar-refractivity contribution < 1.29 is 9.90 Å². The maximum Gasteiger partial charge on any atom is 0.257 e. The molecule has 1 N–H and O–H groups in total. The Labute approximate surface area is 159 Å². The zero-order chi connectivity index (χ0) is 18.8. The number of hydrogen-bond donors (Lipinski definition) is 1. The summed E-state index contributed by atoms with van der Waals surface area (Å²) >= 11 is 1.57. The highest BCUT2D eigenvalue weighted by atomic mass is 32.2. The average Bonchev–Trinajstić information content (AvgIpc) is 2.70. The molecule has 2 aromatic carbocycles. The Morgan fingerprint density at radius 2 is 1.73 bits per heavy atom. The molecule has 0 saturated heterocycles. The molecular formula is C21H26N2O2S. The van der Waals surface area contributed by atoms with E-state index in [-0.39, 0.29) is 11.2 Å². The van der Waals surface area contributed by atoms with Gasteiger partial charge in [-0.05, 0) is 51.2 Å². The van der Waals surface area contributed by atoms with Gasteiger partial charge >= 0.3 is 0 Å². The van der Waals surface area contributed by atoms with Crippen molar-refractivity contribution in [3.63, 3.8) is 0 Å². The first kappa shape index (κ1) is 19.0. The molecule has 1 heterocycles. The number of fused-ring (bicyclic) bond motifs is 1. The van der Waals surface area contributed by atoms with Crippen LogP contribution in [0.3, 0.4) is 0 Å².